The van der Waals surface area contributed by atoms with Crippen LogP contribution in [-0.2, 0) is 0 Å². The number of ether oxygens (including phenoxy) is 1. The third kappa shape index (κ3) is 6.68. The van der Waals surface area contributed by atoms with Crippen molar-refractivity contribution >= 4 is 34.3 Å². The monoisotopic (exact) mass is 590 g/mol. The number of alkyl halides is 1. The Morgan fingerprint density at radius 1 is 1.21 bits per heavy atom. The molecule has 3 aromatic rings. The van der Waals surface area contributed by atoms with E-state index < -0.39 is 5.97 Å². The number of nitrogens with zero attached hydrogens (tertiary/aromatic N) is 3. The lowest BCUT2D eigenvalue weighted by atomic mass is 9.69. The lowest BCUT2D eigenvalue weighted by molar-refractivity contribution is 0.0694. The van der Waals surface area contributed by atoms with Crippen LogP contribution in [0.25, 0.3) is 11.0 Å². The fourth-order valence-electron chi connectivity index (χ4n) is 6.36. The fraction of sp³-hybridized carbons (Fsp3) is 0.471. The Kier molecular flexibility index (Phi) is 9.00. The normalized spacial score (nSPS) is 19.9. The Labute approximate surface area is 254 Å². The van der Waals surface area contributed by atoms with Crippen molar-refractivity contribution < 1.29 is 14.6 Å². The van der Waals surface area contributed by atoms with Gasteiger partial charge in [-0.2, -0.15) is 0 Å². The zero-order valence-corrected chi connectivity index (χ0v) is 26.0. The number of hydrogen-bond acceptors (Lipinski definition) is 5. The standard InChI is InChI=1S/C34H43ClN4O3/c1-6-30(35)23(3)22(2)29-19-34(4,5)11-9-25(29)21-38-13-15-39(16-14-38)26-7-8-28(33(40)41)31(18-26)42-27-17-24-10-12-36-32(24)37-20-27/h6-8,10,12,17-18,20,22-23,30H,1,9,11,13-16,19,21H2,2-5H3,(H,36,37)(H,40,41)/t22-,23-,30?/m1/s1. The number of carboxylic acid groups (broad SMARTS) is 1. The molecule has 42 heavy (non-hydrogen) atoms. The number of pyridine rings is 1. The highest BCUT2D eigenvalue weighted by Gasteiger charge is 2.33. The molecule has 2 N–H and O–H groups in total. The first-order valence-electron chi connectivity index (χ1n) is 15.0. The first-order chi connectivity index (χ1) is 20.0. The molecule has 8 heteroatoms. The molecule has 1 aliphatic heterocycles. The van der Waals surface area contributed by atoms with Gasteiger partial charge in [0.15, 0.2) is 0 Å². The molecule has 1 fully saturated rings. The summed E-state index contributed by atoms with van der Waals surface area (Å²) in [5, 5.41) is 10.7. The molecule has 1 saturated heterocycles. The molecule has 3 heterocycles. The van der Waals surface area contributed by atoms with Gasteiger partial charge in [-0.05, 0) is 60.8 Å². The van der Waals surface area contributed by atoms with E-state index in [2.05, 4.69) is 54.0 Å². The lowest BCUT2D eigenvalue weighted by Gasteiger charge is -2.41. The van der Waals surface area contributed by atoms with Crippen LogP contribution in [0.3, 0.4) is 0 Å². The first kappa shape index (κ1) is 30.2. The summed E-state index contributed by atoms with van der Waals surface area (Å²) in [5.74, 6) is 0.558. The van der Waals surface area contributed by atoms with E-state index in [0.717, 1.165) is 62.3 Å². The van der Waals surface area contributed by atoms with Crippen molar-refractivity contribution in [3.8, 4) is 11.5 Å². The number of H-pyrrole nitrogens is 1. The summed E-state index contributed by atoms with van der Waals surface area (Å²) in [6, 6.07) is 9.13. The van der Waals surface area contributed by atoms with E-state index in [9.17, 15) is 9.90 Å². The van der Waals surface area contributed by atoms with Crippen LogP contribution >= 0.6 is 11.6 Å². The summed E-state index contributed by atoms with van der Waals surface area (Å²) in [6.07, 6.45) is 8.77. The molecule has 0 radical (unpaired) electrons. The van der Waals surface area contributed by atoms with E-state index in [4.69, 9.17) is 16.3 Å². The van der Waals surface area contributed by atoms with Crippen LogP contribution in [0.1, 0.15) is 57.3 Å². The number of fused-ring (bicyclic) bond motifs is 1. The summed E-state index contributed by atoms with van der Waals surface area (Å²) >= 11 is 6.61. The van der Waals surface area contributed by atoms with Crippen molar-refractivity contribution in [2.24, 2.45) is 17.3 Å². The summed E-state index contributed by atoms with van der Waals surface area (Å²) in [5.41, 5.74) is 5.34. The average molecular weight is 591 g/mol. The minimum Gasteiger partial charge on any atom is -0.478 e. The third-order valence-electron chi connectivity index (χ3n) is 9.24. The highest BCUT2D eigenvalue weighted by molar-refractivity contribution is 6.21. The molecular weight excluding hydrogens is 548 g/mol. The van der Waals surface area contributed by atoms with Gasteiger partial charge in [0, 0.05) is 56.1 Å². The van der Waals surface area contributed by atoms with Gasteiger partial charge in [0.1, 0.15) is 22.7 Å². The molecule has 1 aliphatic carbocycles. The van der Waals surface area contributed by atoms with E-state index in [-0.39, 0.29) is 10.9 Å². The molecule has 2 aliphatic rings. The van der Waals surface area contributed by atoms with E-state index in [1.165, 1.54) is 6.42 Å². The highest BCUT2D eigenvalue weighted by Crippen LogP contribution is 2.44. The molecule has 0 bridgehead atoms. The maximum absolute atomic E-state index is 12.0. The summed E-state index contributed by atoms with van der Waals surface area (Å²) < 4.78 is 6.08. The molecule has 0 amide bonds. The number of allylic oxidation sites excluding steroid dienone is 2. The average Bonchev–Trinajstić information content (AvgIpc) is 3.45. The number of halogens is 1. The van der Waals surface area contributed by atoms with Crippen LogP contribution < -0.4 is 9.64 Å². The van der Waals surface area contributed by atoms with Gasteiger partial charge in [0.2, 0.25) is 0 Å². The molecule has 5 rings (SSSR count). The second-order valence-electron chi connectivity index (χ2n) is 12.7. The van der Waals surface area contributed by atoms with Gasteiger partial charge in [-0.15, -0.1) is 18.2 Å². The zero-order valence-electron chi connectivity index (χ0n) is 25.2. The molecule has 3 atom stereocenters. The number of benzene rings is 1. The predicted molar refractivity (Wildman–Crippen MR) is 171 cm³/mol. The van der Waals surface area contributed by atoms with Crippen LogP contribution in [-0.4, -0.2) is 64.0 Å². The number of aromatic amines is 1. The topological polar surface area (TPSA) is 81.7 Å². The Hall–Kier alpha value is -3.29. The SMILES string of the molecule is C=CC(Cl)[C@H](C)[C@@H](C)C1=C(CN2CCN(c3ccc(C(=O)O)c(Oc4cnc5[nH]ccc5c4)c3)CC2)CCC(C)(C)C1. The number of piperazine rings is 1. The maximum Gasteiger partial charge on any atom is 0.339 e. The summed E-state index contributed by atoms with van der Waals surface area (Å²) in [6.45, 7) is 17.9. The number of aromatic carboxylic acids is 1. The largest absolute Gasteiger partial charge is 0.478 e. The zero-order chi connectivity index (χ0) is 30.0. The smallest absolute Gasteiger partial charge is 0.339 e. The quantitative estimate of drug-likeness (QED) is 0.186. The van der Waals surface area contributed by atoms with E-state index >= 15 is 0 Å². The van der Waals surface area contributed by atoms with Crippen LogP contribution in [0.15, 0.2) is 66.5 Å². The number of anilines is 1. The molecular formula is C34H43ClN4O3. The molecule has 0 saturated carbocycles. The third-order valence-corrected chi connectivity index (χ3v) is 9.82. The summed E-state index contributed by atoms with van der Waals surface area (Å²) in [4.78, 5) is 24.3. The number of rotatable bonds is 10. The minimum absolute atomic E-state index is 0.0310. The van der Waals surface area contributed by atoms with Gasteiger partial charge >= 0.3 is 5.97 Å². The number of aromatic nitrogens is 2. The number of nitrogens with one attached hydrogen (secondary N) is 1. The highest BCUT2D eigenvalue weighted by atomic mass is 35.5. The van der Waals surface area contributed by atoms with Crippen LogP contribution in [0.4, 0.5) is 5.69 Å². The molecule has 7 nitrogen and oxygen atoms in total. The van der Waals surface area contributed by atoms with Crippen molar-refractivity contribution in [3.63, 3.8) is 0 Å². The second-order valence-corrected chi connectivity index (χ2v) is 13.2. The van der Waals surface area contributed by atoms with Gasteiger partial charge in [-0.3, -0.25) is 4.90 Å². The van der Waals surface area contributed by atoms with Crippen molar-refractivity contribution in [2.75, 3.05) is 37.6 Å². The minimum atomic E-state index is -1.02. The summed E-state index contributed by atoms with van der Waals surface area (Å²) in [7, 11) is 0. The van der Waals surface area contributed by atoms with Crippen LogP contribution in [0.2, 0.25) is 0 Å². The number of carbonyl (C=O) groups is 1. The molecule has 0 spiro atoms. The van der Waals surface area contributed by atoms with Gasteiger partial charge in [0.25, 0.3) is 0 Å². The van der Waals surface area contributed by atoms with Crippen molar-refractivity contribution in [3.05, 3.63) is 72.1 Å². The number of carboxylic acids is 1. The molecule has 2 aromatic heterocycles. The lowest BCUT2D eigenvalue weighted by Crippen LogP contribution is -2.47. The number of hydrogen-bond donors (Lipinski definition) is 2. The van der Waals surface area contributed by atoms with Gasteiger partial charge in [-0.1, -0.05) is 44.9 Å². The van der Waals surface area contributed by atoms with Crippen molar-refractivity contribution in [2.45, 2.75) is 52.3 Å². The predicted octanol–water partition coefficient (Wildman–Crippen LogP) is 7.75. The van der Waals surface area contributed by atoms with Gasteiger partial charge in [-0.25, -0.2) is 9.78 Å². The van der Waals surface area contributed by atoms with Crippen LogP contribution in [0.5, 0.6) is 11.5 Å². The van der Waals surface area contributed by atoms with Gasteiger partial charge < -0.3 is 19.7 Å². The Bertz CT molecular complexity index is 1470. The van der Waals surface area contributed by atoms with E-state index in [0.29, 0.717) is 28.7 Å². The van der Waals surface area contributed by atoms with E-state index in [1.54, 1.807) is 23.4 Å². The van der Waals surface area contributed by atoms with E-state index in [1.807, 2.05) is 36.5 Å². The molecule has 224 valence electrons. The second kappa shape index (κ2) is 12.5. The van der Waals surface area contributed by atoms with Crippen molar-refractivity contribution in [1.29, 1.82) is 0 Å². The molecule has 1 aromatic carbocycles. The van der Waals surface area contributed by atoms with Gasteiger partial charge in [0.05, 0.1) is 11.6 Å². The van der Waals surface area contributed by atoms with Crippen LogP contribution in [0, 0.1) is 17.3 Å². The maximum atomic E-state index is 12.0. The fourth-order valence-corrected chi connectivity index (χ4v) is 6.57. The first-order valence-corrected chi connectivity index (χ1v) is 15.4. The molecule has 1 unspecified atom stereocenters. The van der Waals surface area contributed by atoms with Crippen molar-refractivity contribution in [1.82, 2.24) is 14.9 Å². The Morgan fingerprint density at radius 2 is 1.98 bits per heavy atom. The Balaban J connectivity index is 1.29. The Morgan fingerprint density at radius 3 is 2.69 bits per heavy atom.